The number of rotatable bonds is 8. The largest absolute Gasteiger partial charge is 0.493 e. The highest BCUT2D eigenvalue weighted by atomic mass is 16.5. The molecule has 0 spiro atoms. The Morgan fingerprint density at radius 1 is 1.03 bits per heavy atom. The zero-order chi connectivity index (χ0) is 20.9. The van der Waals surface area contributed by atoms with Gasteiger partial charge in [0.1, 0.15) is 0 Å². The van der Waals surface area contributed by atoms with Crippen LogP contribution in [0.15, 0.2) is 48.5 Å². The fraction of sp³-hybridized carbons (Fsp3) is 0.417. The van der Waals surface area contributed by atoms with Crippen molar-refractivity contribution in [3.05, 3.63) is 59.7 Å². The third kappa shape index (κ3) is 4.75. The van der Waals surface area contributed by atoms with Gasteiger partial charge in [0, 0.05) is 32.1 Å². The fourth-order valence-electron chi connectivity index (χ4n) is 3.94. The first-order valence-electron chi connectivity index (χ1n) is 10.6. The van der Waals surface area contributed by atoms with Crippen LogP contribution < -0.4 is 9.47 Å². The number of hydrogen-bond acceptors (Lipinski definition) is 4. The molecule has 0 N–H and O–H groups in total. The molecule has 6 heteroatoms. The lowest BCUT2D eigenvalue weighted by Crippen LogP contribution is -2.41. The van der Waals surface area contributed by atoms with Crippen molar-refractivity contribution in [1.82, 2.24) is 9.80 Å². The molecule has 30 heavy (non-hydrogen) atoms. The zero-order valence-corrected chi connectivity index (χ0v) is 17.4. The van der Waals surface area contributed by atoms with Gasteiger partial charge in [0.15, 0.2) is 18.1 Å². The number of amides is 2. The van der Waals surface area contributed by atoms with Gasteiger partial charge >= 0.3 is 0 Å². The lowest BCUT2D eigenvalue weighted by molar-refractivity contribution is -0.136. The van der Waals surface area contributed by atoms with E-state index in [2.05, 4.69) is 12.1 Å². The van der Waals surface area contributed by atoms with Gasteiger partial charge in [-0.25, -0.2) is 0 Å². The minimum Gasteiger partial charge on any atom is -0.493 e. The van der Waals surface area contributed by atoms with Crippen molar-refractivity contribution in [3.63, 3.8) is 0 Å². The van der Waals surface area contributed by atoms with Gasteiger partial charge < -0.3 is 19.3 Å². The molecule has 0 bridgehead atoms. The molecule has 0 unspecified atom stereocenters. The van der Waals surface area contributed by atoms with E-state index in [0.717, 1.165) is 25.8 Å². The lowest BCUT2D eigenvalue weighted by atomic mass is 10.00. The molecule has 1 saturated carbocycles. The van der Waals surface area contributed by atoms with Gasteiger partial charge in [-0.05, 0) is 42.5 Å². The molecule has 6 nitrogen and oxygen atoms in total. The summed E-state index contributed by atoms with van der Waals surface area (Å²) >= 11 is 0. The van der Waals surface area contributed by atoms with E-state index in [0.29, 0.717) is 31.0 Å². The van der Waals surface area contributed by atoms with Crippen molar-refractivity contribution in [2.75, 3.05) is 26.8 Å². The van der Waals surface area contributed by atoms with Crippen LogP contribution in [0.25, 0.3) is 0 Å². The molecule has 158 valence electrons. The van der Waals surface area contributed by atoms with Crippen LogP contribution in [-0.4, -0.2) is 54.5 Å². The number of para-hydroxylation sites is 2. The van der Waals surface area contributed by atoms with Crippen LogP contribution in [0.5, 0.6) is 11.5 Å². The average molecular weight is 408 g/mol. The summed E-state index contributed by atoms with van der Waals surface area (Å²) in [5, 5.41) is 0. The summed E-state index contributed by atoms with van der Waals surface area (Å²) in [7, 11) is 1.57. The molecule has 0 radical (unpaired) electrons. The van der Waals surface area contributed by atoms with Crippen molar-refractivity contribution < 1.29 is 19.1 Å². The van der Waals surface area contributed by atoms with E-state index in [9.17, 15) is 9.59 Å². The topological polar surface area (TPSA) is 59.1 Å². The Kier molecular flexibility index (Phi) is 6.21. The number of carbonyl (C=O) groups excluding carboxylic acids is 2. The van der Waals surface area contributed by atoms with Crippen molar-refractivity contribution in [1.29, 1.82) is 0 Å². The number of hydrogen-bond donors (Lipinski definition) is 0. The molecule has 1 heterocycles. The van der Waals surface area contributed by atoms with Crippen LogP contribution in [-0.2, 0) is 22.6 Å². The number of benzene rings is 2. The van der Waals surface area contributed by atoms with E-state index in [4.69, 9.17) is 9.47 Å². The summed E-state index contributed by atoms with van der Waals surface area (Å²) in [4.78, 5) is 29.3. The van der Waals surface area contributed by atoms with E-state index < -0.39 is 0 Å². The molecule has 0 saturated heterocycles. The monoisotopic (exact) mass is 408 g/mol. The Balaban J connectivity index is 1.30. The number of carbonyl (C=O) groups is 2. The molecule has 4 rings (SSSR count). The van der Waals surface area contributed by atoms with Crippen LogP contribution in [0.4, 0.5) is 0 Å². The first-order valence-corrected chi connectivity index (χ1v) is 10.6. The maximum Gasteiger partial charge on any atom is 0.260 e. The van der Waals surface area contributed by atoms with E-state index in [1.54, 1.807) is 19.2 Å². The predicted octanol–water partition coefficient (Wildman–Crippen LogP) is 3.04. The highest BCUT2D eigenvalue weighted by molar-refractivity contribution is 5.80. The molecule has 1 aliphatic heterocycles. The summed E-state index contributed by atoms with van der Waals surface area (Å²) in [6.45, 7) is 1.78. The average Bonchev–Trinajstić information content (AvgIpc) is 3.62. The molecule has 0 atom stereocenters. The first kappa shape index (κ1) is 20.3. The summed E-state index contributed by atoms with van der Waals surface area (Å²) in [6, 6.07) is 15.8. The summed E-state index contributed by atoms with van der Waals surface area (Å²) < 4.78 is 11.0. The van der Waals surface area contributed by atoms with E-state index >= 15 is 0 Å². The zero-order valence-electron chi connectivity index (χ0n) is 17.4. The highest BCUT2D eigenvalue weighted by Gasteiger charge is 2.33. The minimum atomic E-state index is -0.0832. The Hall–Kier alpha value is -3.02. The van der Waals surface area contributed by atoms with Gasteiger partial charge in [0.05, 0.1) is 7.11 Å². The van der Waals surface area contributed by atoms with E-state index in [-0.39, 0.29) is 24.5 Å². The third-order valence-electron chi connectivity index (χ3n) is 5.78. The Labute approximate surface area is 177 Å². The van der Waals surface area contributed by atoms with Crippen LogP contribution in [0.2, 0.25) is 0 Å². The Morgan fingerprint density at radius 3 is 2.47 bits per heavy atom. The standard InChI is InChI=1S/C24H28N2O4/c1-29-21-8-4-5-9-22(21)30-17-24(28)26(20-10-11-20)15-13-23(27)25-14-12-18-6-2-3-7-19(18)16-25/h2-9,20H,10-17H2,1H3. The second kappa shape index (κ2) is 9.20. The molecule has 2 aromatic rings. The second-order valence-electron chi connectivity index (χ2n) is 7.84. The van der Waals surface area contributed by atoms with Crippen molar-refractivity contribution in [3.8, 4) is 11.5 Å². The van der Waals surface area contributed by atoms with Gasteiger partial charge in [-0.3, -0.25) is 9.59 Å². The smallest absolute Gasteiger partial charge is 0.260 e. The number of fused-ring (bicyclic) bond motifs is 1. The maximum absolute atomic E-state index is 12.8. The molecule has 2 aliphatic rings. The Morgan fingerprint density at radius 2 is 1.73 bits per heavy atom. The van der Waals surface area contributed by atoms with Crippen LogP contribution in [0, 0.1) is 0 Å². The molecule has 2 aromatic carbocycles. The number of methoxy groups -OCH3 is 1. The van der Waals surface area contributed by atoms with Gasteiger partial charge in [0.25, 0.3) is 5.91 Å². The van der Waals surface area contributed by atoms with Crippen LogP contribution in [0.1, 0.15) is 30.4 Å². The predicted molar refractivity (Wildman–Crippen MR) is 113 cm³/mol. The molecule has 1 aliphatic carbocycles. The molecular weight excluding hydrogens is 380 g/mol. The van der Waals surface area contributed by atoms with Crippen LogP contribution in [0.3, 0.4) is 0 Å². The minimum absolute atomic E-state index is 0.0534. The maximum atomic E-state index is 12.8. The van der Waals surface area contributed by atoms with Crippen molar-refractivity contribution >= 4 is 11.8 Å². The van der Waals surface area contributed by atoms with Crippen molar-refractivity contribution in [2.24, 2.45) is 0 Å². The molecule has 1 fully saturated rings. The van der Waals surface area contributed by atoms with E-state index in [1.165, 1.54) is 11.1 Å². The quantitative estimate of drug-likeness (QED) is 0.674. The van der Waals surface area contributed by atoms with Gasteiger partial charge in [-0.15, -0.1) is 0 Å². The summed E-state index contributed by atoms with van der Waals surface area (Å²) in [5.41, 5.74) is 2.54. The van der Waals surface area contributed by atoms with Gasteiger partial charge in [-0.2, -0.15) is 0 Å². The molecule has 2 amide bonds. The first-order chi connectivity index (χ1) is 14.7. The molecular formula is C24H28N2O4. The summed E-state index contributed by atoms with van der Waals surface area (Å²) in [5.74, 6) is 1.17. The highest BCUT2D eigenvalue weighted by Crippen LogP contribution is 2.29. The third-order valence-corrected chi connectivity index (χ3v) is 5.78. The Bertz CT molecular complexity index is 910. The fourth-order valence-corrected chi connectivity index (χ4v) is 3.94. The van der Waals surface area contributed by atoms with Gasteiger partial charge in [-0.1, -0.05) is 36.4 Å². The number of nitrogens with zero attached hydrogens (tertiary/aromatic N) is 2. The van der Waals surface area contributed by atoms with E-state index in [1.807, 2.05) is 34.1 Å². The lowest BCUT2D eigenvalue weighted by Gasteiger charge is -2.30. The van der Waals surface area contributed by atoms with Gasteiger partial charge in [0.2, 0.25) is 5.91 Å². The normalized spacial score (nSPS) is 15.3. The van der Waals surface area contributed by atoms with Crippen molar-refractivity contribution in [2.45, 2.75) is 38.3 Å². The SMILES string of the molecule is COc1ccccc1OCC(=O)N(CCC(=O)N1CCc2ccccc2C1)C1CC1. The second-order valence-corrected chi connectivity index (χ2v) is 7.84. The van der Waals surface area contributed by atoms with Crippen LogP contribution >= 0.6 is 0 Å². The number of ether oxygens (including phenoxy) is 2. The summed E-state index contributed by atoms with van der Waals surface area (Å²) in [6.07, 6.45) is 3.22. The molecule has 0 aromatic heterocycles.